The van der Waals surface area contributed by atoms with Crippen molar-refractivity contribution < 1.29 is 14.3 Å². The van der Waals surface area contributed by atoms with Gasteiger partial charge in [0.25, 0.3) is 0 Å². The van der Waals surface area contributed by atoms with Crippen LogP contribution < -0.4 is 0 Å². The number of carbonyl (C=O) groups excluding carboxylic acids is 1. The van der Waals surface area contributed by atoms with Crippen LogP contribution in [0.15, 0.2) is 24.5 Å². The van der Waals surface area contributed by atoms with Crippen molar-refractivity contribution in [3.63, 3.8) is 0 Å². The molecule has 0 spiro atoms. The predicted octanol–water partition coefficient (Wildman–Crippen LogP) is 1.61. The Labute approximate surface area is 104 Å². The van der Waals surface area contributed by atoms with Crippen molar-refractivity contribution >= 4 is 17.0 Å². The van der Waals surface area contributed by atoms with E-state index in [1.54, 1.807) is 12.4 Å². The molecule has 18 heavy (non-hydrogen) atoms. The van der Waals surface area contributed by atoms with Crippen molar-refractivity contribution in [1.29, 1.82) is 0 Å². The number of aromatic nitrogens is 2. The molecular weight excluding hydrogens is 232 g/mol. The molecule has 0 saturated carbocycles. The average Bonchev–Trinajstić information content (AvgIpc) is 2.75. The number of fused-ring (bicyclic) bond motifs is 1. The highest BCUT2D eigenvalue weighted by molar-refractivity contribution is 5.93. The minimum absolute atomic E-state index is 0.268. The highest BCUT2D eigenvalue weighted by Gasteiger charge is 2.19. The Hall–Kier alpha value is -1.88. The fraction of sp³-hybridized carbons (Fsp3) is 0.385. The molecule has 1 aromatic carbocycles. The molecule has 0 bridgehead atoms. The molecule has 1 aliphatic heterocycles. The van der Waals surface area contributed by atoms with Crippen molar-refractivity contribution in [3.8, 4) is 0 Å². The van der Waals surface area contributed by atoms with Gasteiger partial charge in [0, 0.05) is 6.61 Å². The second kappa shape index (κ2) is 4.42. The van der Waals surface area contributed by atoms with Crippen LogP contribution in [0.3, 0.4) is 0 Å². The number of carbonyl (C=O) groups is 1. The van der Waals surface area contributed by atoms with Crippen LogP contribution in [0.5, 0.6) is 0 Å². The number of rotatable bonds is 3. The van der Waals surface area contributed by atoms with Crippen LogP contribution in [0.4, 0.5) is 0 Å². The zero-order chi connectivity index (χ0) is 12.5. The van der Waals surface area contributed by atoms with Gasteiger partial charge in [-0.15, -0.1) is 0 Å². The lowest BCUT2D eigenvalue weighted by molar-refractivity contribution is -0.0586. The third kappa shape index (κ3) is 1.86. The fourth-order valence-electron chi connectivity index (χ4n) is 2.09. The Morgan fingerprint density at radius 2 is 2.44 bits per heavy atom. The smallest absolute Gasteiger partial charge is 0.337 e. The van der Waals surface area contributed by atoms with Gasteiger partial charge in [0.15, 0.2) is 0 Å². The predicted molar refractivity (Wildman–Crippen MR) is 65.4 cm³/mol. The lowest BCUT2D eigenvalue weighted by Gasteiger charge is -2.26. The molecule has 3 rings (SSSR count). The first kappa shape index (κ1) is 11.2. The van der Waals surface area contributed by atoms with Gasteiger partial charge in [0.1, 0.15) is 0 Å². The number of imidazole rings is 1. The van der Waals surface area contributed by atoms with E-state index in [1.807, 2.05) is 16.7 Å². The largest absolute Gasteiger partial charge is 0.465 e. The van der Waals surface area contributed by atoms with E-state index in [0.717, 1.165) is 30.6 Å². The molecule has 94 valence electrons. The molecule has 0 aliphatic carbocycles. The quantitative estimate of drug-likeness (QED) is 0.772. The standard InChI is InChI=1S/C13H14N2O3/c1-17-13(16)9-2-3-11-12(6-9)15(8-14-11)7-10-4-5-18-10/h2-3,6,8,10H,4-5,7H2,1H3. The second-order valence-electron chi connectivity index (χ2n) is 4.37. The van der Waals surface area contributed by atoms with E-state index in [1.165, 1.54) is 7.11 Å². The SMILES string of the molecule is COC(=O)c1ccc2ncn(CC3CCO3)c2c1. The summed E-state index contributed by atoms with van der Waals surface area (Å²) in [6, 6.07) is 5.37. The first-order valence-electron chi connectivity index (χ1n) is 5.93. The van der Waals surface area contributed by atoms with Crippen LogP contribution in [-0.2, 0) is 16.0 Å². The number of esters is 1. The van der Waals surface area contributed by atoms with Crippen molar-refractivity contribution in [2.45, 2.75) is 19.1 Å². The molecule has 1 aliphatic rings. The summed E-state index contributed by atoms with van der Waals surface area (Å²) < 4.78 is 12.2. The van der Waals surface area contributed by atoms with Crippen LogP contribution in [-0.4, -0.2) is 35.3 Å². The summed E-state index contributed by atoms with van der Waals surface area (Å²) >= 11 is 0. The molecular formula is C13H14N2O3. The molecule has 5 heteroatoms. The van der Waals surface area contributed by atoms with Crippen LogP contribution in [0.25, 0.3) is 11.0 Å². The monoisotopic (exact) mass is 246 g/mol. The summed E-state index contributed by atoms with van der Waals surface area (Å²) in [5, 5.41) is 0. The minimum atomic E-state index is -0.329. The molecule has 1 fully saturated rings. The van der Waals surface area contributed by atoms with Crippen LogP contribution in [0.1, 0.15) is 16.8 Å². The number of nitrogens with zero attached hydrogens (tertiary/aromatic N) is 2. The summed E-state index contributed by atoms with van der Waals surface area (Å²) in [6.07, 6.45) is 3.13. The van der Waals surface area contributed by atoms with E-state index >= 15 is 0 Å². The highest BCUT2D eigenvalue weighted by atomic mass is 16.5. The van der Waals surface area contributed by atoms with Crippen LogP contribution >= 0.6 is 0 Å². The first-order chi connectivity index (χ1) is 8.78. The third-order valence-electron chi connectivity index (χ3n) is 3.24. The maximum absolute atomic E-state index is 11.5. The number of hydrogen-bond acceptors (Lipinski definition) is 4. The van der Waals surface area contributed by atoms with Crippen molar-refractivity contribution in [3.05, 3.63) is 30.1 Å². The Morgan fingerprint density at radius 1 is 1.61 bits per heavy atom. The highest BCUT2D eigenvalue weighted by Crippen LogP contribution is 2.19. The zero-order valence-corrected chi connectivity index (χ0v) is 10.1. The Kier molecular flexibility index (Phi) is 2.76. The van der Waals surface area contributed by atoms with Crippen molar-refractivity contribution in [1.82, 2.24) is 9.55 Å². The Bertz CT molecular complexity index is 587. The molecule has 1 saturated heterocycles. The number of ether oxygens (including phenoxy) is 2. The molecule has 1 unspecified atom stereocenters. The molecule has 1 atom stereocenters. The average molecular weight is 246 g/mol. The summed E-state index contributed by atoms with van der Waals surface area (Å²) in [7, 11) is 1.38. The minimum Gasteiger partial charge on any atom is -0.465 e. The van der Waals surface area contributed by atoms with Gasteiger partial charge in [-0.1, -0.05) is 0 Å². The topological polar surface area (TPSA) is 53.3 Å². The molecule has 2 aromatic rings. The van der Waals surface area contributed by atoms with Gasteiger partial charge in [-0.05, 0) is 24.6 Å². The van der Waals surface area contributed by atoms with E-state index in [9.17, 15) is 4.79 Å². The Balaban J connectivity index is 1.96. The second-order valence-corrected chi connectivity index (χ2v) is 4.37. The Morgan fingerprint density at radius 3 is 3.11 bits per heavy atom. The van der Waals surface area contributed by atoms with Gasteiger partial charge in [0.2, 0.25) is 0 Å². The third-order valence-corrected chi connectivity index (χ3v) is 3.24. The van der Waals surface area contributed by atoms with Crippen molar-refractivity contribution in [2.75, 3.05) is 13.7 Å². The van der Waals surface area contributed by atoms with E-state index < -0.39 is 0 Å². The van der Waals surface area contributed by atoms with Crippen molar-refractivity contribution in [2.24, 2.45) is 0 Å². The van der Waals surface area contributed by atoms with Gasteiger partial charge < -0.3 is 14.0 Å². The molecule has 2 heterocycles. The van der Waals surface area contributed by atoms with Crippen LogP contribution in [0.2, 0.25) is 0 Å². The van der Waals surface area contributed by atoms with Crippen LogP contribution in [0, 0.1) is 0 Å². The van der Waals surface area contributed by atoms with E-state index in [4.69, 9.17) is 9.47 Å². The normalized spacial score (nSPS) is 18.6. The number of benzene rings is 1. The molecule has 0 amide bonds. The molecule has 5 nitrogen and oxygen atoms in total. The molecule has 0 N–H and O–H groups in total. The summed E-state index contributed by atoms with van der Waals surface area (Å²) in [6.45, 7) is 1.62. The molecule has 1 aromatic heterocycles. The van der Waals surface area contributed by atoms with Gasteiger partial charge in [0.05, 0.1) is 42.7 Å². The lowest BCUT2D eigenvalue weighted by Crippen LogP contribution is -2.30. The molecule has 0 radical (unpaired) electrons. The first-order valence-corrected chi connectivity index (χ1v) is 5.93. The van der Waals surface area contributed by atoms with E-state index in [2.05, 4.69) is 4.98 Å². The van der Waals surface area contributed by atoms with E-state index in [-0.39, 0.29) is 12.1 Å². The zero-order valence-electron chi connectivity index (χ0n) is 10.1. The summed E-state index contributed by atoms with van der Waals surface area (Å²) in [4.78, 5) is 15.8. The summed E-state index contributed by atoms with van der Waals surface area (Å²) in [5.74, 6) is -0.329. The van der Waals surface area contributed by atoms with Gasteiger partial charge in [-0.3, -0.25) is 0 Å². The lowest BCUT2D eigenvalue weighted by atomic mass is 10.1. The summed E-state index contributed by atoms with van der Waals surface area (Å²) in [5.41, 5.74) is 2.36. The van der Waals surface area contributed by atoms with Gasteiger partial charge in [-0.2, -0.15) is 0 Å². The number of hydrogen-bond donors (Lipinski definition) is 0. The fourth-order valence-corrected chi connectivity index (χ4v) is 2.09. The van der Waals surface area contributed by atoms with Gasteiger partial charge in [-0.25, -0.2) is 9.78 Å². The maximum atomic E-state index is 11.5. The van der Waals surface area contributed by atoms with E-state index in [0.29, 0.717) is 5.56 Å². The number of methoxy groups -OCH3 is 1. The van der Waals surface area contributed by atoms with Gasteiger partial charge >= 0.3 is 5.97 Å². The maximum Gasteiger partial charge on any atom is 0.337 e.